The summed E-state index contributed by atoms with van der Waals surface area (Å²) < 4.78 is 10.9. The summed E-state index contributed by atoms with van der Waals surface area (Å²) in [6.07, 6.45) is 0. The molecule has 3 rings (SSSR count). The molecule has 0 bridgehead atoms. The minimum absolute atomic E-state index is 0.0725. The minimum Gasteiger partial charge on any atom is -0.486 e. The molecule has 0 radical (unpaired) electrons. The molecule has 0 amide bonds. The second kappa shape index (κ2) is 5.16. The monoisotopic (exact) mass is 279 g/mol. The number of nitrogens with zero attached hydrogens (tertiary/aromatic N) is 2. The third-order valence-electron chi connectivity index (χ3n) is 3.55. The van der Waals surface area contributed by atoms with Crippen LogP contribution in [-0.4, -0.2) is 43.8 Å². The number of ether oxygens (including phenoxy) is 2. The largest absolute Gasteiger partial charge is 0.486 e. The lowest BCUT2D eigenvalue weighted by Crippen LogP contribution is -2.49. The summed E-state index contributed by atoms with van der Waals surface area (Å²) in [5, 5.41) is 14.6. The van der Waals surface area contributed by atoms with Crippen molar-refractivity contribution in [3.8, 4) is 11.5 Å². The van der Waals surface area contributed by atoms with E-state index in [1.165, 1.54) is 6.07 Å². The van der Waals surface area contributed by atoms with Crippen LogP contribution in [-0.2, 0) is 0 Å². The van der Waals surface area contributed by atoms with Crippen molar-refractivity contribution in [1.82, 2.24) is 5.32 Å². The number of fused-ring (bicyclic) bond motifs is 1. The molecular formula is C13H17N3O4. The highest BCUT2D eigenvalue weighted by atomic mass is 16.6. The van der Waals surface area contributed by atoms with Crippen molar-refractivity contribution < 1.29 is 14.4 Å². The highest BCUT2D eigenvalue weighted by Crippen LogP contribution is 2.41. The zero-order valence-corrected chi connectivity index (χ0v) is 11.3. The zero-order chi connectivity index (χ0) is 14.1. The number of benzene rings is 1. The molecule has 7 heteroatoms. The average molecular weight is 279 g/mol. The Labute approximate surface area is 116 Å². The van der Waals surface area contributed by atoms with Gasteiger partial charge >= 0.3 is 0 Å². The summed E-state index contributed by atoms with van der Waals surface area (Å²) in [4.78, 5) is 13.0. The maximum absolute atomic E-state index is 11.3. The first kappa shape index (κ1) is 13.0. The third kappa shape index (κ3) is 2.36. The number of hydrogen-bond donors (Lipinski definition) is 1. The normalized spacial score (nSPS) is 21.6. The maximum atomic E-state index is 11.3. The van der Waals surface area contributed by atoms with Crippen LogP contribution in [0.25, 0.3) is 0 Å². The maximum Gasteiger partial charge on any atom is 0.296 e. The van der Waals surface area contributed by atoms with Crippen LogP contribution in [0, 0.1) is 10.1 Å². The van der Waals surface area contributed by atoms with Crippen LogP contribution < -0.4 is 19.7 Å². The van der Waals surface area contributed by atoms with Crippen LogP contribution in [0.2, 0.25) is 0 Å². The van der Waals surface area contributed by atoms with Gasteiger partial charge in [-0.05, 0) is 6.92 Å². The zero-order valence-electron chi connectivity index (χ0n) is 11.3. The Bertz CT molecular complexity index is 535. The Balaban J connectivity index is 2.01. The second-order valence-electron chi connectivity index (χ2n) is 5.04. The van der Waals surface area contributed by atoms with Gasteiger partial charge in [-0.3, -0.25) is 10.1 Å². The van der Waals surface area contributed by atoms with Gasteiger partial charge in [0.1, 0.15) is 18.9 Å². The van der Waals surface area contributed by atoms with Gasteiger partial charge in [-0.25, -0.2) is 0 Å². The highest BCUT2D eigenvalue weighted by Gasteiger charge is 2.27. The van der Waals surface area contributed by atoms with Crippen molar-refractivity contribution in [3.05, 3.63) is 22.2 Å². The summed E-state index contributed by atoms with van der Waals surface area (Å²) in [6.45, 7) is 5.25. The molecule has 2 heterocycles. The van der Waals surface area contributed by atoms with Crippen LogP contribution in [0.4, 0.5) is 11.4 Å². The van der Waals surface area contributed by atoms with E-state index in [0.29, 0.717) is 36.4 Å². The SMILES string of the molecule is C[C@@H]1CN(c2cc3c(cc2[N+](=O)[O-])OCCO3)CCN1. The van der Waals surface area contributed by atoms with Gasteiger partial charge in [0.15, 0.2) is 11.5 Å². The van der Waals surface area contributed by atoms with Gasteiger partial charge in [0.05, 0.1) is 11.0 Å². The lowest BCUT2D eigenvalue weighted by Gasteiger charge is -2.33. The Morgan fingerprint density at radius 3 is 2.70 bits per heavy atom. The van der Waals surface area contributed by atoms with Crippen LogP contribution in [0.5, 0.6) is 11.5 Å². The first-order valence-electron chi connectivity index (χ1n) is 6.71. The van der Waals surface area contributed by atoms with Gasteiger partial charge in [0.2, 0.25) is 0 Å². The molecule has 0 spiro atoms. The summed E-state index contributed by atoms with van der Waals surface area (Å²) in [5.74, 6) is 1.04. The molecule has 0 aliphatic carbocycles. The molecule has 1 saturated heterocycles. The Morgan fingerprint density at radius 2 is 2.05 bits per heavy atom. The van der Waals surface area contributed by atoms with Crippen molar-refractivity contribution >= 4 is 11.4 Å². The van der Waals surface area contributed by atoms with Crippen LogP contribution >= 0.6 is 0 Å². The number of anilines is 1. The third-order valence-corrected chi connectivity index (χ3v) is 3.55. The van der Waals surface area contributed by atoms with E-state index in [2.05, 4.69) is 12.2 Å². The standard InChI is InChI=1S/C13H17N3O4/c1-9-8-15(3-2-14-9)10-6-12-13(20-5-4-19-12)7-11(10)16(17)18/h6-7,9,14H,2-5,8H2,1H3/t9-/m1/s1. The summed E-state index contributed by atoms with van der Waals surface area (Å²) in [6, 6.07) is 3.50. The van der Waals surface area contributed by atoms with Gasteiger partial charge in [0, 0.05) is 31.7 Å². The molecule has 20 heavy (non-hydrogen) atoms. The van der Waals surface area contributed by atoms with E-state index in [4.69, 9.17) is 9.47 Å². The van der Waals surface area contributed by atoms with E-state index in [9.17, 15) is 10.1 Å². The first-order chi connectivity index (χ1) is 9.65. The van der Waals surface area contributed by atoms with Crippen molar-refractivity contribution in [2.45, 2.75) is 13.0 Å². The van der Waals surface area contributed by atoms with Crippen molar-refractivity contribution in [2.75, 3.05) is 37.7 Å². The molecule has 0 saturated carbocycles. The lowest BCUT2D eigenvalue weighted by atomic mass is 10.1. The fourth-order valence-electron chi connectivity index (χ4n) is 2.62. The van der Waals surface area contributed by atoms with E-state index in [1.807, 2.05) is 4.90 Å². The summed E-state index contributed by atoms with van der Waals surface area (Å²) >= 11 is 0. The Kier molecular flexibility index (Phi) is 3.35. The molecule has 0 aromatic heterocycles. The smallest absolute Gasteiger partial charge is 0.296 e. The van der Waals surface area contributed by atoms with Gasteiger partial charge < -0.3 is 19.7 Å². The predicted octanol–water partition coefficient (Wildman–Crippen LogP) is 1.16. The van der Waals surface area contributed by atoms with Gasteiger partial charge in [-0.1, -0.05) is 0 Å². The molecule has 1 aromatic carbocycles. The number of nitro groups is 1. The number of nitro benzene ring substituents is 1. The molecule has 1 N–H and O–H groups in total. The quantitative estimate of drug-likeness (QED) is 0.646. The highest BCUT2D eigenvalue weighted by molar-refractivity contribution is 5.70. The molecule has 0 unspecified atom stereocenters. The average Bonchev–Trinajstić information content (AvgIpc) is 2.46. The van der Waals surface area contributed by atoms with Gasteiger partial charge in [0.25, 0.3) is 5.69 Å². The lowest BCUT2D eigenvalue weighted by molar-refractivity contribution is -0.384. The summed E-state index contributed by atoms with van der Waals surface area (Å²) in [5.41, 5.74) is 0.677. The molecule has 2 aliphatic rings. The fraction of sp³-hybridized carbons (Fsp3) is 0.538. The number of rotatable bonds is 2. The van der Waals surface area contributed by atoms with Crippen LogP contribution in [0.1, 0.15) is 6.92 Å². The van der Waals surface area contributed by atoms with Crippen LogP contribution in [0.15, 0.2) is 12.1 Å². The molecule has 108 valence electrons. The molecule has 1 aromatic rings. The molecule has 1 fully saturated rings. The second-order valence-corrected chi connectivity index (χ2v) is 5.04. The van der Waals surface area contributed by atoms with Gasteiger partial charge in [-0.15, -0.1) is 0 Å². The Morgan fingerprint density at radius 1 is 1.35 bits per heavy atom. The van der Waals surface area contributed by atoms with Crippen molar-refractivity contribution in [1.29, 1.82) is 0 Å². The molecule has 2 aliphatic heterocycles. The van der Waals surface area contributed by atoms with Crippen LogP contribution in [0.3, 0.4) is 0 Å². The number of piperazine rings is 1. The number of nitrogens with one attached hydrogen (secondary N) is 1. The summed E-state index contributed by atoms with van der Waals surface area (Å²) in [7, 11) is 0. The van der Waals surface area contributed by atoms with E-state index in [0.717, 1.165) is 19.6 Å². The predicted molar refractivity (Wildman–Crippen MR) is 73.8 cm³/mol. The topological polar surface area (TPSA) is 76.9 Å². The van der Waals surface area contributed by atoms with E-state index >= 15 is 0 Å². The minimum atomic E-state index is -0.361. The molecule has 7 nitrogen and oxygen atoms in total. The first-order valence-corrected chi connectivity index (χ1v) is 6.71. The molecular weight excluding hydrogens is 262 g/mol. The van der Waals surface area contributed by atoms with E-state index < -0.39 is 0 Å². The molecule has 1 atom stereocenters. The Hall–Kier alpha value is -2.02. The van der Waals surface area contributed by atoms with Crippen molar-refractivity contribution in [2.24, 2.45) is 0 Å². The van der Waals surface area contributed by atoms with Crippen molar-refractivity contribution in [3.63, 3.8) is 0 Å². The van der Waals surface area contributed by atoms with E-state index in [-0.39, 0.29) is 10.6 Å². The number of hydrogen-bond acceptors (Lipinski definition) is 6. The fourth-order valence-corrected chi connectivity index (χ4v) is 2.62. The van der Waals surface area contributed by atoms with E-state index in [1.54, 1.807) is 6.07 Å². The van der Waals surface area contributed by atoms with Gasteiger partial charge in [-0.2, -0.15) is 0 Å².